The van der Waals surface area contributed by atoms with Crippen molar-refractivity contribution in [2.24, 2.45) is 11.7 Å². The lowest BCUT2D eigenvalue weighted by Gasteiger charge is -2.39. The van der Waals surface area contributed by atoms with E-state index in [0.29, 0.717) is 12.0 Å². The first-order valence-corrected chi connectivity index (χ1v) is 9.05. The molecule has 2 amide bonds. The summed E-state index contributed by atoms with van der Waals surface area (Å²) in [4.78, 5) is 30.2. The van der Waals surface area contributed by atoms with E-state index in [-0.39, 0.29) is 17.9 Å². The molecule has 2 aliphatic heterocycles. The molecule has 2 aliphatic rings. The zero-order valence-corrected chi connectivity index (χ0v) is 15.1. The number of carbonyl (C=O) groups is 2. The highest BCUT2D eigenvalue weighted by molar-refractivity contribution is 5.81. The van der Waals surface area contributed by atoms with E-state index in [4.69, 9.17) is 5.73 Å². The summed E-state index contributed by atoms with van der Waals surface area (Å²) in [6.45, 7) is 8.94. The lowest BCUT2D eigenvalue weighted by atomic mass is 10.0. The molecule has 0 aliphatic carbocycles. The van der Waals surface area contributed by atoms with Crippen molar-refractivity contribution in [2.75, 3.05) is 39.3 Å². The fraction of sp³-hybridized carbons (Fsp3) is 0.579. The SMILES string of the molecule is CC(=O)N1CCN([C@@H]2CN([C@@H](C(N)=O)c3ccccc3)C[C@@H]2C)CC1. The molecule has 6 heteroatoms. The summed E-state index contributed by atoms with van der Waals surface area (Å²) in [5.41, 5.74) is 6.69. The van der Waals surface area contributed by atoms with Crippen LogP contribution in [0.5, 0.6) is 0 Å². The average Bonchev–Trinajstić information content (AvgIpc) is 2.97. The normalized spacial score (nSPS) is 26.6. The van der Waals surface area contributed by atoms with Gasteiger partial charge in [-0.15, -0.1) is 0 Å². The van der Waals surface area contributed by atoms with E-state index < -0.39 is 0 Å². The average molecular weight is 344 g/mol. The van der Waals surface area contributed by atoms with Crippen molar-refractivity contribution >= 4 is 11.8 Å². The van der Waals surface area contributed by atoms with Gasteiger partial charge in [-0.05, 0) is 11.5 Å². The molecule has 1 aromatic rings. The first-order chi connectivity index (χ1) is 12.0. The van der Waals surface area contributed by atoms with Gasteiger partial charge in [0.2, 0.25) is 11.8 Å². The van der Waals surface area contributed by atoms with Crippen molar-refractivity contribution in [1.29, 1.82) is 0 Å². The number of nitrogens with zero attached hydrogens (tertiary/aromatic N) is 3. The van der Waals surface area contributed by atoms with Gasteiger partial charge in [0.05, 0.1) is 0 Å². The summed E-state index contributed by atoms with van der Waals surface area (Å²) in [5, 5.41) is 0. The molecule has 1 aromatic carbocycles. The second-order valence-electron chi connectivity index (χ2n) is 7.26. The van der Waals surface area contributed by atoms with Gasteiger partial charge < -0.3 is 10.6 Å². The molecular formula is C19H28N4O2. The number of rotatable bonds is 4. The van der Waals surface area contributed by atoms with Gasteiger partial charge in [0, 0.05) is 52.2 Å². The Morgan fingerprint density at radius 2 is 1.72 bits per heavy atom. The zero-order chi connectivity index (χ0) is 18.0. The quantitative estimate of drug-likeness (QED) is 0.873. The smallest absolute Gasteiger partial charge is 0.239 e. The van der Waals surface area contributed by atoms with Gasteiger partial charge in [0.25, 0.3) is 0 Å². The fourth-order valence-corrected chi connectivity index (χ4v) is 4.23. The molecule has 0 unspecified atom stereocenters. The van der Waals surface area contributed by atoms with E-state index in [1.165, 1.54) is 0 Å². The molecule has 0 bridgehead atoms. The molecule has 2 N–H and O–H groups in total. The van der Waals surface area contributed by atoms with E-state index in [2.05, 4.69) is 16.7 Å². The Bertz CT molecular complexity index is 613. The van der Waals surface area contributed by atoms with Crippen LogP contribution >= 0.6 is 0 Å². The molecule has 0 radical (unpaired) electrons. The standard InChI is InChI=1S/C19H28N4O2/c1-14-12-23(18(19(20)25)16-6-4-3-5-7-16)13-17(14)22-10-8-21(9-11-22)15(2)24/h3-7,14,17-18H,8-13H2,1-2H3,(H2,20,25)/t14-,17+,18+/m0/s1. The topological polar surface area (TPSA) is 69.9 Å². The molecule has 6 nitrogen and oxygen atoms in total. The number of hydrogen-bond acceptors (Lipinski definition) is 4. The number of carbonyl (C=O) groups excluding carboxylic acids is 2. The Morgan fingerprint density at radius 3 is 2.28 bits per heavy atom. The van der Waals surface area contributed by atoms with Gasteiger partial charge in [0.1, 0.15) is 6.04 Å². The highest BCUT2D eigenvalue weighted by Gasteiger charge is 2.40. The predicted molar refractivity (Wildman–Crippen MR) is 96.7 cm³/mol. The van der Waals surface area contributed by atoms with Crippen LogP contribution in [0, 0.1) is 5.92 Å². The summed E-state index contributed by atoms with van der Waals surface area (Å²) in [6.07, 6.45) is 0. The van der Waals surface area contributed by atoms with Crippen LogP contribution < -0.4 is 5.73 Å². The number of nitrogens with two attached hydrogens (primary N) is 1. The zero-order valence-electron chi connectivity index (χ0n) is 15.1. The van der Waals surface area contributed by atoms with Crippen LogP contribution in [0.15, 0.2) is 30.3 Å². The Kier molecular flexibility index (Phi) is 5.39. The number of benzene rings is 1. The minimum absolute atomic E-state index is 0.151. The van der Waals surface area contributed by atoms with Crippen molar-refractivity contribution in [1.82, 2.24) is 14.7 Å². The van der Waals surface area contributed by atoms with E-state index in [1.807, 2.05) is 35.2 Å². The van der Waals surface area contributed by atoms with E-state index in [1.54, 1.807) is 6.92 Å². The fourth-order valence-electron chi connectivity index (χ4n) is 4.23. The minimum Gasteiger partial charge on any atom is -0.368 e. The summed E-state index contributed by atoms with van der Waals surface area (Å²) >= 11 is 0. The Balaban J connectivity index is 1.68. The largest absolute Gasteiger partial charge is 0.368 e. The van der Waals surface area contributed by atoms with Gasteiger partial charge in [-0.3, -0.25) is 19.4 Å². The molecule has 2 saturated heterocycles. The lowest BCUT2D eigenvalue weighted by Crippen LogP contribution is -2.53. The van der Waals surface area contributed by atoms with Gasteiger partial charge in [-0.2, -0.15) is 0 Å². The summed E-state index contributed by atoms with van der Waals surface area (Å²) in [5.74, 6) is 0.327. The number of piperazine rings is 1. The molecule has 2 heterocycles. The lowest BCUT2D eigenvalue weighted by molar-refractivity contribution is -0.131. The Hall–Kier alpha value is -1.92. The Labute approximate surface area is 149 Å². The van der Waals surface area contributed by atoms with Gasteiger partial charge in [-0.25, -0.2) is 0 Å². The van der Waals surface area contributed by atoms with Crippen LogP contribution in [0.2, 0.25) is 0 Å². The van der Waals surface area contributed by atoms with Crippen molar-refractivity contribution < 1.29 is 9.59 Å². The second kappa shape index (κ2) is 7.54. The second-order valence-corrected chi connectivity index (χ2v) is 7.26. The molecule has 2 fully saturated rings. The van der Waals surface area contributed by atoms with Crippen LogP contribution in [0.1, 0.15) is 25.5 Å². The third-order valence-electron chi connectivity index (χ3n) is 5.58. The summed E-state index contributed by atoms with van der Waals surface area (Å²) < 4.78 is 0. The number of amides is 2. The van der Waals surface area contributed by atoms with Gasteiger partial charge in [0.15, 0.2) is 0 Å². The molecule has 0 spiro atoms. The maximum atomic E-state index is 12.1. The van der Waals surface area contributed by atoms with Crippen molar-refractivity contribution in [3.05, 3.63) is 35.9 Å². The van der Waals surface area contributed by atoms with Gasteiger partial charge in [-0.1, -0.05) is 37.3 Å². The third kappa shape index (κ3) is 3.85. The maximum absolute atomic E-state index is 12.1. The monoisotopic (exact) mass is 344 g/mol. The van der Waals surface area contributed by atoms with Crippen molar-refractivity contribution in [3.63, 3.8) is 0 Å². The van der Waals surface area contributed by atoms with E-state index in [9.17, 15) is 9.59 Å². The molecule has 0 saturated carbocycles. The molecule has 136 valence electrons. The first kappa shape index (κ1) is 17.9. The maximum Gasteiger partial charge on any atom is 0.239 e. The summed E-state index contributed by atoms with van der Waals surface area (Å²) in [7, 11) is 0. The predicted octanol–water partition coefficient (Wildman–Crippen LogP) is 0.697. The highest BCUT2D eigenvalue weighted by atomic mass is 16.2. The molecule has 3 atom stereocenters. The van der Waals surface area contributed by atoms with Crippen LogP contribution in [0.3, 0.4) is 0 Å². The molecule has 25 heavy (non-hydrogen) atoms. The van der Waals surface area contributed by atoms with Crippen molar-refractivity contribution in [3.8, 4) is 0 Å². The third-order valence-corrected chi connectivity index (χ3v) is 5.58. The van der Waals surface area contributed by atoms with Crippen LogP contribution in [0.25, 0.3) is 0 Å². The van der Waals surface area contributed by atoms with Crippen molar-refractivity contribution in [2.45, 2.75) is 25.9 Å². The van der Waals surface area contributed by atoms with Gasteiger partial charge >= 0.3 is 0 Å². The number of likely N-dealkylation sites (tertiary alicyclic amines) is 1. The van der Waals surface area contributed by atoms with E-state index in [0.717, 1.165) is 44.8 Å². The van der Waals surface area contributed by atoms with E-state index >= 15 is 0 Å². The van der Waals surface area contributed by atoms with Crippen LogP contribution in [-0.4, -0.2) is 71.8 Å². The minimum atomic E-state index is -0.368. The molecule has 0 aromatic heterocycles. The molecule has 3 rings (SSSR count). The van der Waals surface area contributed by atoms with Crippen LogP contribution in [-0.2, 0) is 9.59 Å². The van der Waals surface area contributed by atoms with Crippen LogP contribution in [0.4, 0.5) is 0 Å². The number of primary amides is 1. The number of hydrogen-bond donors (Lipinski definition) is 1. The summed E-state index contributed by atoms with van der Waals surface area (Å²) in [6, 6.07) is 9.82. The molecular weight excluding hydrogens is 316 g/mol. The Morgan fingerprint density at radius 1 is 1.08 bits per heavy atom. The highest BCUT2D eigenvalue weighted by Crippen LogP contribution is 2.30. The first-order valence-electron chi connectivity index (χ1n) is 9.05.